The third kappa shape index (κ3) is 2.64. The van der Waals surface area contributed by atoms with Gasteiger partial charge in [0, 0.05) is 14.6 Å². The second-order valence-electron chi connectivity index (χ2n) is 5.96. The van der Waals surface area contributed by atoms with Gasteiger partial charge in [0.1, 0.15) is 10.5 Å². The van der Waals surface area contributed by atoms with E-state index in [4.69, 9.17) is 5.73 Å². The fourth-order valence-electron chi connectivity index (χ4n) is 3.28. The Morgan fingerprint density at radius 1 is 1.50 bits per heavy atom. The van der Waals surface area contributed by atoms with E-state index in [0.717, 1.165) is 33.9 Å². The number of aromatic nitrogens is 2. The van der Waals surface area contributed by atoms with Gasteiger partial charge in [0.25, 0.3) is 5.56 Å². The predicted molar refractivity (Wildman–Crippen MR) is 98.1 cm³/mol. The van der Waals surface area contributed by atoms with Crippen LogP contribution in [0.1, 0.15) is 18.7 Å². The van der Waals surface area contributed by atoms with Crippen LogP contribution in [0.15, 0.2) is 27.5 Å². The van der Waals surface area contributed by atoms with Crippen LogP contribution in [0.2, 0.25) is 0 Å². The number of hydrogen-bond donors (Lipinski definition) is 2. The summed E-state index contributed by atoms with van der Waals surface area (Å²) in [5.41, 5.74) is 6.04. The molecular formula is C16H15BrN4O2S. The number of rotatable bonds is 3. The molecule has 0 bridgehead atoms. The molecule has 4 rings (SSSR count). The molecule has 1 aromatic carbocycles. The zero-order valence-electron chi connectivity index (χ0n) is 12.7. The summed E-state index contributed by atoms with van der Waals surface area (Å²) in [6, 6.07) is 5.63. The smallest absolute Gasteiger partial charge is 0.268 e. The Morgan fingerprint density at radius 2 is 2.33 bits per heavy atom. The Labute approximate surface area is 149 Å². The minimum Gasteiger partial charge on any atom is -0.368 e. The van der Waals surface area contributed by atoms with Crippen LogP contribution in [0, 0.1) is 0 Å². The van der Waals surface area contributed by atoms with E-state index in [0.29, 0.717) is 22.6 Å². The number of benzene rings is 1. The number of fused-ring (bicyclic) bond motifs is 3. The third-order valence-corrected chi connectivity index (χ3v) is 6.03. The molecule has 2 aromatic heterocycles. The number of H-pyrrole nitrogens is 1. The van der Waals surface area contributed by atoms with Gasteiger partial charge in [-0.25, -0.2) is 4.98 Å². The number of aromatic amines is 1. The first-order chi connectivity index (χ1) is 11.5. The lowest BCUT2D eigenvalue weighted by Crippen LogP contribution is -2.40. The molecule has 0 spiro atoms. The molecule has 124 valence electrons. The molecular weight excluding hydrogens is 392 g/mol. The molecule has 0 radical (unpaired) electrons. The molecule has 1 atom stereocenters. The van der Waals surface area contributed by atoms with Gasteiger partial charge in [0.15, 0.2) is 0 Å². The van der Waals surface area contributed by atoms with Crippen molar-refractivity contribution in [1.82, 2.24) is 14.9 Å². The van der Waals surface area contributed by atoms with Gasteiger partial charge in [-0.1, -0.05) is 15.9 Å². The molecule has 1 aliphatic heterocycles. The van der Waals surface area contributed by atoms with Crippen LogP contribution in [0.5, 0.6) is 0 Å². The van der Waals surface area contributed by atoms with Gasteiger partial charge in [0.2, 0.25) is 5.91 Å². The van der Waals surface area contributed by atoms with Crippen molar-refractivity contribution in [3.63, 3.8) is 0 Å². The standard InChI is InChI=1S/C16H15BrN4O2S/c17-8-3-4-11-9(6-8)13-14(24-11)16(23)20-12(19-13)7-21-5-1-2-10(21)15(18)22/h3-4,6,10H,1-2,5,7H2,(H2,18,22)(H,19,20,23)/t10-/m1/s1. The summed E-state index contributed by atoms with van der Waals surface area (Å²) in [6.45, 7) is 1.20. The van der Waals surface area contributed by atoms with E-state index < -0.39 is 0 Å². The van der Waals surface area contributed by atoms with Crippen molar-refractivity contribution in [2.24, 2.45) is 5.73 Å². The molecule has 24 heavy (non-hydrogen) atoms. The van der Waals surface area contributed by atoms with Crippen LogP contribution in [-0.4, -0.2) is 33.4 Å². The van der Waals surface area contributed by atoms with Crippen molar-refractivity contribution >= 4 is 53.5 Å². The molecule has 3 aromatic rings. The Balaban J connectivity index is 1.79. The maximum atomic E-state index is 12.4. The molecule has 3 N–H and O–H groups in total. The first-order valence-electron chi connectivity index (χ1n) is 7.67. The third-order valence-electron chi connectivity index (χ3n) is 4.38. The van der Waals surface area contributed by atoms with Crippen LogP contribution >= 0.6 is 27.3 Å². The fraction of sp³-hybridized carbons (Fsp3) is 0.312. The number of halogens is 1. The molecule has 0 aliphatic carbocycles. The molecule has 1 saturated heterocycles. The highest BCUT2D eigenvalue weighted by atomic mass is 79.9. The highest BCUT2D eigenvalue weighted by Crippen LogP contribution is 2.32. The number of hydrogen-bond acceptors (Lipinski definition) is 5. The molecule has 1 amide bonds. The Bertz CT molecular complexity index is 1010. The summed E-state index contributed by atoms with van der Waals surface area (Å²) in [5, 5.41) is 0.963. The van der Waals surface area contributed by atoms with Crippen LogP contribution in [0.3, 0.4) is 0 Å². The van der Waals surface area contributed by atoms with Crippen LogP contribution < -0.4 is 11.3 Å². The zero-order valence-corrected chi connectivity index (χ0v) is 15.1. The van der Waals surface area contributed by atoms with Gasteiger partial charge >= 0.3 is 0 Å². The summed E-state index contributed by atoms with van der Waals surface area (Å²) < 4.78 is 2.60. The molecule has 1 aliphatic rings. The predicted octanol–water partition coefficient (Wildman–Crippen LogP) is 2.35. The maximum Gasteiger partial charge on any atom is 0.268 e. The van der Waals surface area contributed by atoms with Crippen LogP contribution in [-0.2, 0) is 11.3 Å². The maximum absolute atomic E-state index is 12.4. The average Bonchev–Trinajstić information content (AvgIpc) is 3.12. The number of thiophene rings is 1. The minimum absolute atomic E-state index is 0.137. The highest BCUT2D eigenvalue weighted by molar-refractivity contribution is 9.10. The van der Waals surface area contributed by atoms with E-state index in [1.165, 1.54) is 11.3 Å². The van der Waals surface area contributed by atoms with Crippen molar-refractivity contribution in [2.75, 3.05) is 6.54 Å². The molecule has 0 saturated carbocycles. The van der Waals surface area contributed by atoms with E-state index in [1.807, 2.05) is 23.1 Å². The molecule has 1 fully saturated rings. The Morgan fingerprint density at radius 3 is 3.12 bits per heavy atom. The number of nitrogens with two attached hydrogens (primary N) is 1. The summed E-state index contributed by atoms with van der Waals surface area (Å²) >= 11 is 4.91. The number of carbonyl (C=O) groups is 1. The van der Waals surface area contributed by atoms with Gasteiger partial charge < -0.3 is 10.7 Å². The summed E-state index contributed by atoms with van der Waals surface area (Å²) in [4.78, 5) is 33.5. The number of primary amides is 1. The topological polar surface area (TPSA) is 92.1 Å². The first kappa shape index (κ1) is 15.7. The fourth-order valence-corrected chi connectivity index (χ4v) is 4.66. The van der Waals surface area contributed by atoms with Crippen LogP contribution in [0.25, 0.3) is 20.3 Å². The largest absolute Gasteiger partial charge is 0.368 e. The average molecular weight is 407 g/mol. The summed E-state index contributed by atoms with van der Waals surface area (Å²) in [5.74, 6) is 0.251. The number of nitrogens with one attached hydrogen (secondary N) is 1. The Hall–Kier alpha value is -1.77. The summed E-state index contributed by atoms with van der Waals surface area (Å²) in [6.07, 6.45) is 1.69. The van der Waals surface area contributed by atoms with Crippen molar-refractivity contribution in [2.45, 2.75) is 25.4 Å². The van der Waals surface area contributed by atoms with Crippen molar-refractivity contribution in [3.05, 3.63) is 38.9 Å². The van der Waals surface area contributed by atoms with E-state index in [2.05, 4.69) is 25.9 Å². The van der Waals surface area contributed by atoms with Gasteiger partial charge in [-0.15, -0.1) is 11.3 Å². The summed E-state index contributed by atoms with van der Waals surface area (Å²) in [7, 11) is 0. The van der Waals surface area contributed by atoms with Crippen LogP contribution in [0.4, 0.5) is 0 Å². The lowest BCUT2D eigenvalue weighted by atomic mass is 10.2. The number of carbonyl (C=O) groups excluding carboxylic acids is 1. The van der Waals surface area contributed by atoms with E-state index >= 15 is 0 Å². The number of amides is 1. The quantitative estimate of drug-likeness (QED) is 0.697. The Kier molecular flexibility index (Phi) is 3.90. The second kappa shape index (κ2) is 5.94. The molecule has 0 unspecified atom stereocenters. The van der Waals surface area contributed by atoms with Crippen molar-refractivity contribution in [1.29, 1.82) is 0 Å². The normalized spacial score (nSPS) is 18.6. The van der Waals surface area contributed by atoms with E-state index in [-0.39, 0.29) is 17.5 Å². The van der Waals surface area contributed by atoms with E-state index in [9.17, 15) is 9.59 Å². The number of nitrogens with zero attached hydrogens (tertiary/aromatic N) is 2. The highest BCUT2D eigenvalue weighted by Gasteiger charge is 2.29. The van der Waals surface area contributed by atoms with Gasteiger partial charge in [-0.05, 0) is 37.6 Å². The van der Waals surface area contributed by atoms with Gasteiger partial charge in [-0.3, -0.25) is 14.5 Å². The monoisotopic (exact) mass is 406 g/mol. The van der Waals surface area contributed by atoms with Crippen molar-refractivity contribution in [3.8, 4) is 0 Å². The lowest BCUT2D eigenvalue weighted by molar-refractivity contribution is -0.122. The van der Waals surface area contributed by atoms with E-state index in [1.54, 1.807) is 0 Å². The molecule has 6 nitrogen and oxygen atoms in total. The molecule has 3 heterocycles. The van der Waals surface area contributed by atoms with Gasteiger partial charge in [-0.2, -0.15) is 0 Å². The van der Waals surface area contributed by atoms with Crippen molar-refractivity contribution < 1.29 is 4.79 Å². The number of likely N-dealkylation sites (tertiary alicyclic amines) is 1. The first-order valence-corrected chi connectivity index (χ1v) is 9.28. The SMILES string of the molecule is NC(=O)[C@H]1CCCN1Cc1nc2c(sc3ccc(Br)cc32)c(=O)[nH]1. The molecule has 8 heteroatoms. The van der Waals surface area contributed by atoms with Gasteiger partial charge in [0.05, 0.1) is 18.1 Å². The second-order valence-corrected chi connectivity index (χ2v) is 7.93. The lowest BCUT2D eigenvalue weighted by Gasteiger charge is -2.20. The minimum atomic E-state index is -0.319. The zero-order chi connectivity index (χ0) is 16.8.